The highest BCUT2D eigenvalue weighted by molar-refractivity contribution is 5.98. The third-order valence-electron chi connectivity index (χ3n) is 3.99. The molecule has 0 saturated carbocycles. The lowest BCUT2D eigenvalue weighted by atomic mass is 10.1. The maximum absolute atomic E-state index is 12.2. The molecule has 2 N–H and O–H groups in total. The summed E-state index contributed by atoms with van der Waals surface area (Å²) < 4.78 is 0. The van der Waals surface area contributed by atoms with Crippen LogP contribution in [-0.4, -0.2) is 18.2 Å². The highest BCUT2D eigenvalue weighted by Crippen LogP contribution is 2.12. The first kappa shape index (κ1) is 18.9. The van der Waals surface area contributed by atoms with Crippen molar-refractivity contribution in [1.29, 1.82) is 0 Å². The lowest BCUT2D eigenvalue weighted by molar-refractivity contribution is -0.114. The van der Waals surface area contributed by atoms with Gasteiger partial charge < -0.3 is 10.6 Å². The third-order valence-corrected chi connectivity index (χ3v) is 3.99. The maximum atomic E-state index is 12.2. The summed E-state index contributed by atoms with van der Waals surface area (Å²) in [5.74, 6) is 6.01. The van der Waals surface area contributed by atoms with Crippen molar-refractivity contribution in [2.45, 2.75) is 6.92 Å². The number of anilines is 2. The molecule has 0 spiro atoms. The normalized spacial score (nSPS) is 9.75. The molecule has 0 aliphatic rings. The van der Waals surface area contributed by atoms with E-state index in [0.29, 0.717) is 11.3 Å². The molecule has 0 atom stereocenters. The van der Waals surface area contributed by atoms with Gasteiger partial charge in [-0.05, 0) is 49.4 Å². The smallest absolute Gasteiger partial charge is 0.243 e. The number of nitrogens with one attached hydrogen (secondary N) is 2. The third kappa shape index (κ3) is 5.58. The molecule has 0 unspecified atom stereocenters. The second-order valence-electron chi connectivity index (χ2n) is 6.24. The standard InChI is InChI=1S/C24H20N2O2/c1-18(27)21-10-6-12-23(16-21)26-24(28)17-25-22-11-5-9-20(15-22)14-13-19-7-3-2-4-8-19/h2-12,15-16,25H,17H2,1H3,(H,26,28). The van der Waals surface area contributed by atoms with E-state index in [2.05, 4.69) is 22.5 Å². The largest absolute Gasteiger partial charge is 0.376 e. The second kappa shape index (κ2) is 9.20. The first-order chi connectivity index (χ1) is 13.6. The number of rotatable bonds is 5. The van der Waals surface area contributed by atoms with Crippen molar-refractivity contribution in [2.75, 3.05) is 17.2 Å². The molecule has 0 saturated heterocycles. The summed E-state index contributed by atoms with van der Waals surface area (Å²) in [7, 11) is 0. The Labute approximate surface area is 164 Å². The van der Waals surface area contributed by atoms with Gasteiger partial charge in [0, 0.05) is 28.1 Å². The van der Waals surface area contributed by atoms with Crippen molar-refractivity contribution in [3.8, 4) is 11.8 Å². The molecule has 4 heteroatoms. The Hall–Kier alpha value is -3.84. The van der Waals surface area contributed by atoms with Crippen molar-refractivity contribution in [1.82, 2.24) is 0 Å². The van der Waals surface area contributed by atoms with Crippen molar-refractivity contribution in [3.05, 3.63) is 95.6 Å². The summed E-state index contributed by atoms with van der Waals surface area (Å²) in [4.78, 5) is 23.6. The average Bonchev–Trinajstić information content (AvgIpc) is 2.72. The van der Waals surface area contributed by atoms with Crippen LogP contribution >= 0.6 is 0 Å². The van der Waals surface area contributed by atoms with Crippen molar-refractivity contribution in [3.63, 3.8) is 0 Å². The first-order valence-corrected chi connectivity index (χ1v) is 8.92. The second-order valence-corrected chi connectivity index (χ2v) is 6.24. The number of benzene rings is 3. The first-order valence-electron chi connectivity index (χ1n) is 8.92. The van der Waals surface area contributed by atoms with E-state index in [1.807, 2.05) is 54.6 Å². The predicted molar refractivity (Wildman–Crippen MR) is 112 cm³/mol. The Morgan fingerprint density at radius 2 is 1.46 bits per heavy atom. The SMILES string of the molecule is CC(=O)c1cccc(NC(=O)CNc2cccc(C#Cc3ccccc3)c2)c1. The summed E-state index contributed by atoms with van der Waals surface area (Å²) in [6.45, 7) is 1.61. The van der Waals surface area contributed by atoms with Crippen LogP contribution in [-0.2, 0) is 4.79 Å². The zero-order valence-corrected chi connectivity index (χ0v) is 15.5. The number of amides is 1. The van der Waals surface area contributed by atoms with Crippen LogP contribution in [0.2, 0.25) is 0 Å². The van der Waals surface area contributed by atoms with E-state index in [-0.39, 0.29) is 18.2 Å². The molecule has 0 bridgehead atoms. The van der Waals surface area contributed by atoms with Gasteiger partial charge in [-0.3, -0.25) is 9.59 Å². The molecule has 3 aromatic rings. The van der Waals surface area contributed by atoms with Crippen molar-refractivity contribution >= 4 is 23.1 Å². The van der Waals surface area contributed by atoms with Crippen molar-refractivity contribution in [2.24, 2.45) is 0 Å². The number of carbonyl (C=O) groups excluding carboxylic acids is 2. The molecule has 4 nitrogen and oxygen atoms in total. The summed E-state index contributed by atoms with van der Waals surface area (Å²) in [6.07, 6.45) is 0. The molecule has 0 fully saturated rings. The van der Waals surface area contributed by atoms with Gasteiger partial charge in [0.2, 0.25) is 5.91 Å². The Kier molecular flexibility index (Phi) is 6.22. The van der Waals surface area contributed by atoms with Crippen LogP contribution in [0.3, 0.4) is 0 Å². The number of hydrogen-bond donors (Lipinski definition) is 2. The van der Waals surface area contributed by atoms with E-state index in [9.17, 15) is 9.59 Å². The highest BCUT2D eigenvalue weighted by Gasteiger charge is 2.05. The molecule has 28 heavy (non-hydrogen) atoms. The van der Waals surface area contributed by atoms with E-state index in [1.54, 1.807) is 24.3 Å². The van der Waals surface area contributed by atoms with E-state index in [1.165, 1.54) is 6.92 Å². The number of carbonyl (C=O) groups is 2. The summed E-state index contributed by atoms with van der Waals surface area (Å²) in [6, 6.07) is 24.3. The number of Topliss-reactive ketones (excluding diaryl/α,β-unsaturated/α-hetero) is 1. The Bertz CT molecular complexity index is 1050. The van der Waals surface area contributed by atoms with Crippen LogP contribution in [0.1, 0.15) is 28.4 Å². The molecule has 1 amide bonds. The average molecular weight is 368 g/mol. The van der Waals surface area contributed by atoms with Crippen LogP contribution in [0, 0.1) is 11.8 Å². The monoisotopic (exact) mass is 368 g/mol. The minimum atomic E-state index is -0.193. The Morgan fingerprint density at radius 1 is 0.786 bits per heavy atom. The fourth-order valence-corrected chi connectivity index (χ4v) is 2.58. The van der Waals surface area contributed by atoms with Gasteiger partial charge in [0.05, 0.1) is 6.54 Å². The summed E-state index contributed by atoms with van der Waals surface area (Å²) >= 11 is 0. The lowest BCUT2D eigenvalue weighted by Gasteiger charge is -2.09. The summed E-state index contributed by atoms with van der Waals surface area (Å²) in [5.41, 5.74) is 3.79. The molecule has 138 valence electrons. The van der Waals surface area contributed by atoms with Gasteiger partial charge in [-0.15, -0.1) is 0 Å². The van der Waals surface area contributed by atoms with Crippen LogP contribution in [0.25, 0.3) is 0 Å². The molecule has 3 aromatic carbocycles. The fourth-order valence-electron chi connectivity index (χ4n) is 2.58. The molecular weight excluding hydrogens is 348 g/mol. The summed E-state index contributed by atoms with van der Waals surface area (Å²) in [5, 5.41) is 5.88. The Balaban J connectivity index is 1.59. The van der Waals surface area contributed by atoms with Gasteiger partial charge in [-0.1, -0.05) is 48.2 Å². The minimum Gasteiger partial charge on any atom is -0.376 e. The van der Waals surface area contributed by atoms with E-state index < -0.39 is 0 Å². The molecule has 3 rings (SSSR count). The quantitative estimate of drug-likeness (QED) is 0.520. The minimum absolute atomic E-state index is 0.0392. The molecule has 0 aliphatic heterocycles. The lowest BCUT2D eigenvalue weighted by Crippen LogP contribution is -2.21. The molecule has 0 heterocycles. The van der Waals surface area contributed by atoms with Crippen LogP contribution in [0.5, 0.6) is 0 Å². The number of hydrogen-bond acceptors (Lipinski definition) is 3. The van der Waals surface area contributed by atoms with Crippen LogP contribution in [0.15, 0.2) is 78.9 Å². The molecular formula is C24H20N2O2. The van der Waals surface area contributed by atoms with E-state index >= 15 is 0 Å². The zero-order valence-electron chi connectivity index (χ0n) is 15.5. The van der Waals surface area contributed by atoms with Gasteiger partial charge in [0.15, 0.2) is 5.78 Å². The van der Waals surface area contributed by atoms with Gasteiger partial charge in [0.1, 0.15) is 0 Å². The van der Waals surface area contributed by atoms with Gasteiger partial charge in [0.25, 0.3) is 0 Å². The van der Waals surface area contributed by atoms with Gasteiger partial charge in [-0.2, -0.15) is 0 Å². The molecule has 0 radical (unpaired) electrons. The zero-order chi connectivity index (χ0) is 19.8. The van der Waals surface area contributed by atoms with Crippen molar-refractivity contribution < 1.29 is 9.59 Å². The maximum Gasteiger partial charge on any atom is 0.243 e. The highest BCUT2D eigenvalue weighted by atomic mass is 16.2. The van der Waals surface area contributed by atoms with Gasteiger partial charge >= 0.3 is 0 Å². The topological polar surface area (TPSA) is 58.2 Å². The molecule has 0 aliphatic carbocycles. The van der Waals surface area contributed by atoms with E-state index in [4.69, 9.17) is 0 Å². The fraction of sp³-hybridized carbons (Fsp3) is 0.0833. The van der Waals surface area contributed by atoms with Crippen LogP contribution in [0.4, 0.5) is 11.4 Å². The van der Waals surface area contributed by atoms with Crippen LogP contribution < -0.4 is 10.6 Å². The molecule has 0 aromatic heterocycles. The number of ketones is 1. The van der Waals surface area contributed by atoms with E-state index in [0.717, 1.165) is 16.8 Å². The predicted octanol–water partition coefficient (Wildman–Crippen LogP) is 4.34. The Morgan fingerprint density at radius 3 is 2.25 bits per heavy atom. The van der Waals surface area contributed by atoms with Gasteiger partial charge in [-0.25, -0.2) is 0 Å².